The second-order valence-corrected chi connectivity index (χ2v) is 5.41. The minimum atomic E-state index is 0.316. The van der Waals surface area contributed by atoms with Crippen LogP contribution in [0.5, 0.6) is 5.88 Å². The lowest BCUT2D eigenvalue weighted by Gasteiger charge is -2.24. The molecule has 0 unspecified atom stereocenters. The Morgan fingerprint density at radius 2 is 2.22 bits per heavy atom. The molecule has 1 aromatic rings. The van der Waals surface area contributed by atoms with Gasteiger partial charge in [0, 0.05) is 13.7 Å². The van der Waals surface area contributed by atoms with Crippen LogP contribution in [0.25, 0.3) is 0 Å². The van der Waals surface area contributed by atoms with Crippen LogP contribution < -0.4 is 15.5 Å². The second kappa shape index (κ2) is 8.50. The molecule has 2 rings (SSSR count). The first-order valence-electron chi connectivity index (χ1n) is 7.76. The summed E-state index contributed by atoms with van der Waals surface area (Å²) in [6.07, 6.45) is 7.71. The van der Waals surface area contributed by atoms with Crippen LogP contribution in [-0.2, 0) is 4.74 Å². The molecule has 1 aliphatic rings. The van der Waals surface area contributed by atoms with Crippen LogP contribution in [0.15, 0.2) is 36.4 Å². The largest absolute Gasteiger partial charge is 0.473 e. The Labute approximate surface area is 137 Å². The monoisotopic (exact) mass is 319 g/mol. The van der Waals surface area contributed by atoms with Crippen LogP contribution in [0.2, 0.25) is 0 Å². The van der Waals surface area contributed by atoms with E-state index in [0.29, 0.717) is 31.1 Å². The van der Waals surface area contributed by atoms with Crippen molar-refractivity contribution < 1.29 is 9.47 Å². The molecule has 126 valence electrons. The van der Waals surface area contributed by atoms with Crippen LogP contribution >= 0.6 is 0 Å². The third-order valence-electron chi connectivity index (χ3n) is 3.05. The van der Waals surface area contributed by atoms with Gasteiger partial charge in [0.2, 0.25) is 5.88 Å². The van der Waals surface area contributed by atoms with E-state index in [4.69, 9.17) is 9.47 Å². The Bertz CT molecular complexity index is 540. The van der Waals surface area contributed by atoms with Gasteiger partial charge in [0.25, 0.3) is 0 Å². The van der Waals surface area contributed by atoms with Crippen LogP contribution in [-0.4, -0.2) is 41.5 Å². The molecule has 0 aliphatic heterocycles. The molecule has 2 N–H and O–H groups in total. The molecule has 1 heterocycles. The number of nitrogens with zero attached hydrogens (tertiary/aromatic N) is 3. The molecule has 0 atom stereocenters. The number of allylic oxidation sites excluding steroid dienone is 2. The van der Waals surface area contributed by atoms with E-state index in [-0.39, 0.29) is 0 Å². The molecule has 0 amide bonds. The second-order valence-electron chi connectivity index (χ2n) is 5.41. The summed E-state index contributed by atoms with van der Waals surface area (Å²) in [4.78, 5) is 8.60. The van der Waals surface area contributed by atoms with Crippen molar-refractivity contribution in [2.45, 2.75) is 32.8 Å². The number of anilines is 1. The number of nitrogens with one attached hydrogen (secondary N) is 2. The lowest BCUT2D eigenvalue weighted by molar-refractivity contribution is 0.0824. The Morgan fingerprint density at radius 3 is 2.78 bits per heavy atom. The average molecular weight is 319 g/mol. The van der Waals surface area contributed by atoms with Crippen molar-refractivity contribution in [2.75, 3.05) is 25.7 Å². The van der Waals surface area contributed by atoms with Gasteiger partial charge in [0.05, 0.1) is 12.4 Å². The van der Waals surface area contributed by atoms with E-state index in [0.717, 1.165) is 24.2 Å². The zero-order valence-corrected chi connectivity index (χ0v) is 14.0. The molecular formula is C16H25N5O2. The zero-order chi connectivity index (χ0) is 16.7. The molecule has 0 radical (unpaired) electrons. The molecule has 1 fully saturated rings. The first kappa shape index (κ1) is 17.2. The first-order valence-corrected chi connectivity index (χ1v) is 7.76. The lowest BCUT2D eigenvalue weighted by Crippen LogP contribution is -2.38. The van der Waals surface area contributed by atoms with Crippen LogP contribution in [0, 0.1) is 0 Å². The molecule has 0 spiro atoms. The molecule has 23 heavy (non-hydrogen) atoms. The molecule has 1 saturated carbocycles. The van der Waals surface area contributed by atoms with Gasteiger partial charge in [-0.2, -0.15) is 0 Å². The number of hydrazine groups is 1. The van der Waals surface area contributed by atoms with E-state index >= 15 is 0 Å². The molecular weight excluding hydrogens is 294 g/mol. The topological polar surface area (TPSA) is 71.5 Å². The maximum absolute atomic E-state index is 5.59. The highest BCUT2D eigenvalue weighted by atomic mass is 16.5. The van der Waals surface area contributed by atoms with E-state index in [9.17, 15) is 0 Å². The van der Waals surface area contributed by atoms with Gasteiger partial charge in [0.15, 0.2) is 0 Å². The summed E-state index contributed by atoms with van der Waals surface area (Å²) in [5.74, 6) is 1.99. The summed E-state index contributed by atoms with van der Waals surface area (Å²) >= 11 is 0. The number of hydrogen-bond acceptors (Lipinski definition) is 7. The maximum Gasteiger partial charge on any atom is 0.232 e. The van der Waals surface area contributed by atoms with Gasteiger partial charge in [-0.05, 0) is 32.8 Å². The Balaban J connectivity index is 1.97. The van der Waals surface area contributed by atoms with Gasteiger partial charge >= 0.3 is 0 Å². The lowest BCUT2D eigenvalue weighted by atomic mass is 10.3. The Kier molecular flexibility index (Phi) is 6.37. The predicted octanol–water partition coefficient (Wildman–Crippen LogP) is 2.28. The van der Waals surface area contributed by atoms with Gasteiger partial charge in [-0.3, -0.25) is 5.01 Å². The molecule has 0 bridgehead atoms. The number of ether oxygens (including phenoxy) is 2. The fourth-order valence-corrected chi connectivity index (χ4v) is 1.71. The summed E-state index contributed by atoms with van der Waals surface area (Å²) in [7, 11) is 1.89. The van der Waals surface area contributed by atoms with E-state index in [1.165, 1.54) is 0 Å². The number of rotatable bonds is 10. The van der Waals surface area contributed by atoms with Crippen molar-refractivity contribution in [3.05, 3.63) is 36.4 Å². The van der Waals surface area contributed by atoms with Crippen molar-refractivity contribution in [3.8, 4) is 5.88 Å². The standard InChI is InChI=1S/C16H25N5O2/c1-5-22-11-19-21(4)15(8-12(2)3)20-14-9-18-16(10-17-14)23-13-6-7-13/h8-10,13,19H,2,5-7,11H2,1,3-4H3,(H,17,20)/b15-8-. The van der Waals surface area contributed by atoms with Crippen LogP contribution in [0.4, 0.5) is 5.82 Å². The van der Waals surface area contributed by atoms with Crippen molar-refractivity contribution in [2.24, 2.45) is 0 Å². The summed E-state index contributed by atoms with van der Waals surface area (Å²) in [5, 5.41) is 5.03. The quantitative estimate of drug-likeness (QED) is 0.297. The average Bonchev–Trinajstić information content (AvgIpc) is 3.32. The minimum Gasteiger partial charge on any atom is -0.473 e. The smallest absolute Gasteiger partial charge is 0.232 e. The normalized spacial score (nSPS) is 14.5. The fraction of sp³-hybridized carbons (Fsp3) is 0.500. The molecule has 1 aromatic heterocycles. The predicted molar refractivity (Wildman–Crippen MR) is 89.6 cm³/mol. The molecule has 7 heteroatoms. The fourth-order valence-electron chi connectivity index (χ4n) is 1.71. The van der Waals surface area contributed by atoms with E-state index in [2.05, 4.69) is 27.3 Å². The summed E-state index contributed by atoms with van der Waals surface area (Å²) in [5.41, 5.74) is 4.04. The van der Waals surface area contributed by atoms with Gasteiger partial charge in [-0.1, -0.05) is 12.2 Å². The Hall–Kier alpha value is -2.12. The molecule has 0 saturated heterocycles. The van der Waals surface area contributed by atoms with Crippen LogP contribution in [0.3, 0.4) is 0 Å². The zero-order valence-electron chi connectivity index (χ0n) is 14.0. The number of hydrogen-bond donors (Lipinski definition) is 2. The first-order chi connectivity index (χ1) is 11.1. The minimum absolute atomic E-state index is 0.316. The third-order valence-corrected chi connectivity index (χ3v) is 3.05. The van der Waals surface area contributed by atoms with Gasteiger partial charge < -0.3 is 14.8 Å². The van der Waals surface area contributed by atoms with Gasteiger partial charge in [-0.25, -0.2) is 15.4 Å². The molecule has 1 aliphatic carbocycles. The summed E-state index contributed by atoms with van der Waals surface area (Å²) < 4.78 is 10.9. The highest BCUT2D eigenvalue weighted by Crippen LogP contribution is 2.25. The van der Waals surface area contributed by atoms with Gasteiger partial charge in [-0.15, -0.1) is 0 Å². The van der Waals surface area contributed by atoms with Crippen molar-refractivity contribution in [3.63, 3.8) is 0 Å². The maximum atomic E-state index is 5.59. The molecule has 7 nitrogen and oxygen atoms in total. The third kappa shape index (κ3) is 6.25. The summed E-state index contributed by atoms with van der Waals surface area (Å²) in [6, 6.07) is 0. The summed E-state index contributed by atoms with van der Waals surface area (Å²) in [6.45, 7) is 8.86. The van der Waals surface area contributed by atoms with Crippen molar-refractivity contribution in [1.82, 2.24) is 20.4 Å². The Morgan fingerprint density at radius 1 is 1.43 bits per heavy atom. The van der Waals surface area contributed by atoms with E-state index < -0.39 is 0 Å². The van der Waals surface area contributed by atoms with E-state index in [1.54, 1.807) is 12.4 Å². The van der Waals surface area contributed by atoms with Crippen molar-refractivity contribution in [1.29, 1.82) is 0 Å². The molecule has 0 aromatic carbocycles. The van der Waals surface area contributed by atoms with Gasteiger partial charge in [0.1, 0.15) is 24.5 Å². The highest BCUT2D eigenvalue weighted by molar-refractivity contribution is 5.40. The number of aromatic nitrogens is 2. The van der Waals surface area contributed by atoms with E-state index in [1.807, 2.05) is 32.0 Å². The van der Waals surface area contributed by atoms with Crippen LogP contribution in [0.1, 0.15) is 26.7 Å². The highest BCUT2D eigenvalue weighted by Gasteiger charge is 2.24. The SMILES string of the molecule is C=C(C)/C=C(/Nc1cnc(OC2CC2)cn1)N(C)NCOCC. The van der Waals surface area contributed by atoms with Crippen molar-refractivity contribution >= 4 is 5.82 Å².